The number of nitrogens with zero attached hydrogens (tertiary/aromatic N) is 3. The predicted octanol–water partition coefficient (Wildman–Crippen LogP) is 1.86. The van der Waals surface area contributed by atoms with E-state index in [4.69, 9.17) is 5.11 Å². The molecule has 0 radical (unpaired) electrons. The second-order valence-electron chi connectivity index (χ2n) is 3.11. The van der Waals surface area contributed by atoms with E-state index in [1.165, 1.54) is 4.90 Å². The quantitative estimate of drug-likeness (QED) is 0.883. The number of carbonyl (C=O) groups is 1. The number of alkyl halides is 3. The maximum absolute atomic E-state index is 12.3. The highest BCUT2D eigenvalue weighted by Crippen LogP contribution is 2.34. The zero-order valence-corrected chi connectivity index (χ0v) is 9.68. The molecule has 0 aliphatic carbocycles. The smallest absolute Gasteiger partial charge is 0.445 e. The van der Waals surface area contributed by atoms with Crippen molar-refractivity contribution in [3.8, 4) is 0 Å². The first-order valence-electron chi connectivity index (χ1n) is 4.72. The number of carboxylic acid groups (broad SMARTS) is 1. The number of hydrogen-bond donors (Lipinski definition) is 1. The second-order valence-corrected chi connectivity index (χ2v) is 4.07. The van der Waals surface area contributed by atoms with Gasteiger partial charge in [0.15, 0.2) is 0 Å². The molecular formula is C8H10F3N3O2S. The summed E-state index contributed by atoms with van der Waals surface area (Å²) in [7, 11) is 0. The van der Waals surface area contributed by atoms with E-state index in [2.05, 4.69) is 10.2 Å². The summed E-state index contributed by atoms with van der Waals surface area (Å²) in [5.41, 5.74) is 0. The van der Waals surface area contributed by atoms with Crippen molar-refractivity contribution in [3.05, 3.63) is 5.01 Å². The van der Waals surface area contributed by atoms with Crippen LogP contribution in [0.15, 0.2) is 0 Å². The summed E-state index contributed by atoms with van der Waals surface area (Å²) in [4.78, 5) is 11.8. The molecule has 1 N–H and O–H groups in total. The van der Waals surface area contributed by atoms with Crippen LogP contribution in [0.3, 0.4) is 0 Å². The summed E-state index contributed by atoms with van der Waals surface area (Å²) < 4.78 is 36.8. The van der Waals surface area contributed by atoms with Gasteiger partial charge in [0, 0.05) is 13.1 Å². The van der Waals surface area contributed by atoms with Gasteiger partial charge in [0.1, 0.15) is 0 Å². The molecule has 0 aliphatic heterocycles. The molecule has 1 aromatic rings. The first-order chi connectivity index (χ1) is 7.84. The summed E-state index contributed by atoms with van der Waals surface area (Å²) in [6.07, 6.45) is -4.67. The minimum atomic E-state index is -4.51. The molecule has 0 bridgehead atoms. The number of halogens is 3. The molecule has 1 aromatic heterocycles. The van der Waals surface area contributed by atoms with E-state index >= 15 is 0 Å². The molecule has 0 saturated carbocycles. The Bertz CT molecular complexity index is 394. The van der Waals surface area contributed by atoms with Gasteiger partial charge in [-0.15, -0.1) is 10.2 Å². The van der Waals surface area contributed by atoms with Crippen molar-refractivity contribution in [2.45, 2.75) is 19.5 Å². The molecule has 0 saturated heterocycles. The molecule has 17 heavy (non-hydrogen) atoms. The Kier molecular flexibility index (Phi) is 4.27. The molecule has 0 atom stereocenters. The summed E-state index contributed by atoms with van der Waals surface area (Å²) in [6, 6.07) is 0. The van der Waals surface area contributed by atoms with Gasteiger partial charge in [0.25, 0.3) is 0 Å². The molecule has 0 unspecified atom stereocenters. The molecule has 0 aliphatic rings. The lowest BCUT2D eigenvalue weighted by Gasteiger charge is -2.17. The van der Waals surface area contributed by atoms with Crippen LogP contribution in [-0.4, -0.2) is 34.4 Å². The van der Waals surface area contributed by atoms with Crippen LogP contribution < -0.4 is 4.90 Å². The lowest BCUT2D eigenvalue weighted by atomic mass is 10.4. The molecule has 96 valence electrons. The van der Waals surface area contributed by atoms with Gasteiger partial charge in [-0.3, -0.25) is 4.79 Å². The summed E-state index contributed by atoms with van der Waals surface area (Å²) in [5.74, 6) is -1.01. The van der Waals surface area contributed by atoms with Crippen molar-refractivity contribution >= 4 is 22.4 Å². The Morgan fingerprint density at radius 2 is 2.12 bits per heavy atom. The summed E-state index contributed by atoms with van der Waals surface area (Å²) in [6.45, 7) is 2.19. The van der Waals surface area contributed by atoms with Crippen LogP contribution in [0.25, 0.3) is 0 Å². The molecule has 0 spiro atoms. The number of anilines is 1. The minimum absolute atomic E-state index is 0.0843. The van der Waals surface area contributed by atoms with Crippen LogP contribution in [0.1, 0.15) is 18.4 Å². The zero-order valence-electron chi connectivity index (χ0n) is 8.86. The van der Waals surface area contributed by atoms with Crippen LogP contribution in [0.4, 0.5) is 18.3 Å². The van der Waals surface area contributed by atoms with Crippen LogP contribution >= 0.6 is 11.3 Å². The van der Waals surface area contributed by atoms with Crippen molar-refractivity contribution in [1.82, 2.24) is 10.2 Å². The number of carboxylic acids is 1. The third-order valence-electron chi connectivity index (χ3n) is 1.90. The van der Waals surface area contributed by atoms with Crippen molar-refractivity contribution in [2.24, 2.45) is 0 Å². The van der Waals surface area contributed by atoms with Crippen molar-refractivity contribution in [3.63, 3.8) is 0 Å². The standard InChI is InChI=1S/C8H10F3N3O2S/c1-2-14(4-3-5(15)16)7-13-12-6(17-7)8(9,10)11/h2-4H2,1H3,(H,15,16). The molecule has 9 heteroatoms. The van der Waals surface area contributed by atoms with Crippen LogP contribution in [0, 0.1) is 0 Å². The lowest BCUT2D eigenvalue weighted by Crippen LogP contribution is -2.25. The Balaban J connectivity index is 2.76. The van der Waals surface area contributed by atoms with E-state index in [0.717, 1.165) is 0 Å². The first kappa shape index (κ1) is 13.7. The third-order valence-corrected chi connectivity index (χ3v) is 2.93. The van der Waals surface area contributed by atoms with Gasteiger partial charge < -0.3 is 10.0 Å². The summed E-state index contributed by atoms with van der Waals surface area (Å²) in [5, 5.41) is 14.0. The maximum atomic E-state index is 12.3. The third kappa shape index (κ3) is 3.84. The normalized spacial score (nSPS) is 11.5. The average molecular weight is 269 g/mol. The van der Waals surface area contributed by atoms with E-state index in [9.17, 15) is 18.0 Å². The van der Waals surface area contributed by atoms with E-state index in [1.54, 1.807) is 6.92 Å². The summed E-state index contributed by atoms with van der Waals surface area (Å²) >= 11 is 0.410. The van der Waals surface area contributed by atoms with Crippen molar-refractivity contribution < 1.29 is 23.1 Å². The SMILES string of the molecule is CCN(CCC(=O)O)c1nnc(C(F)(F)F)s1. The lowest BCUT2D eigenvalue weighted by molar-refractivity contribution is -0.138. The van der Waals surface area contributed by atoms with Gasteiger partial charge in [-0.05, 0) is 6.92 Å². The van der Waals surface area contributed by atoms with E-state index < -0.39 is 17.2 Å². The van der Waals surface area contributed by atoms with Gasteiger partial charge in [0.2, 0.25) is 10.1 Å². The van der Waals surface area contributed by atoms with Crippen molar-refractivity contribution in [2.75, 3.05) is 18.0 Å². The topological polar surface area (TPSA) is 66.3 Å². The zero-order chi connectivity index (χ0) is 13.1. The molecule has 0 amide bonds. The fourth-order valence-electron chi connectivity index (χ4n) is 1.08. The number of aromatic nitrogens is 2. The Morgan fingerprint density at radius 3 is 2.53 bits per heavy atom. The maximum Gasteiger partial charge on any atom is 0.445 e. The Morgan fingerprint density at radius 1 is 1.47 bits per heavy atom. The van der Waals surface area contributed by atoms with Crippen LogP contribution in [0.2, 0.25) is 0 Å². The number of aliphatic carboxylic acids is 1. The van der Waals surface area contributed by atoms with Crippen LogP contribution in [0.5, 0.6) is 0 Å². The highest BCUT2D eigenvalue weighted by molar-refractivity contribution is 7.15. The fourth-order valence-corrected chi connectivity index (χ4v) is 1.88. The van der Waals surface area contributed by atoms with Gasteiger partial charge in [-0.25, -0.2) is 0 Å². The predicted molar refractivity (Wildman–Crippen MR) is 55.1 cm³/mol. The molecular weight excluding hydrogens is 259 g/mol. The molecule has 1 rings (SSSR count). The molecule has 5 nitrogen and oxygen atoms in total. The van der Waals surface area contributed by atoms with E-state index in [-0.39, 0.29) is 18.1 Å². The molecule has 0 aromatic carbocycles. The van der Waals surface area contributed by atoms with Gasteiger partial charge in [0.05, 0.1) is 6.42 Å². The van der Waals surface area contributed by atoms with Gasteiger partial charge >= 0.3 is 12.1 Å². The largest absolute Gasteiger partial charge is 0.481 e. The van der Waals surface area contributed by atoms with E-state index in [1.807, 2.05) is 0 Å². The van der Waals surface area contributed by atoms with Gasteiger partial charge in [-0.1, -0.05) is 11.3 Å². The van der Waals surface area contributed by atoms with E-state index in [0.29, 0.717) is 17.9 Å². The monoisotopic (exact) mass is 269 g/mol. The molecule has 1 heterocycles. The fraction of sp³-hybridized carbons (Fsp3) is 0.625. The number of hydrogen-bond acceptors (Lipinski definition) is 5. The van der Waals surface area contributed by atoms with Gasteiger partial charge in [-0.2, -0.15) is 13.2 Å². The average Bonchev–Trinajstić information content (AvgIpc) is 2.67. The van der Waals surface area contributed by atoms with Crippen molar-refractivity contribution in [1.29, 1.82) is 0 Å². The highest BCUT2D eigenvalue weighted by Gasteiger charge is 2.36. The first-order valence-corrected chi connectivity index (χ1v) is 5.53. The Hall–Kier alpha value is -1.38. The van der Waals surface area contributed by atoms with Crippen LogP contribution in [-0.2, 0) is 11.0 Å². The highest BCUT2D eigenvalue weighted by atomic mass is 32.1. The molecule has 0 fully saturated rings. The number of rotatable bonds is 5. The minimum Gasteiger partial charge on any atom is -0.481 e. The second kappa shape index (κ2) is 5.30. The Labute approximate surface area is 98.9 Å².